The Kier molecular flexibility index (Phi) is 8.39. The summed E-state index contributed by atoms with van der Waals surface area (Å²) in [6.07, 6.45) is 7.03. The zero-order valence-corrected chi connectivity index (χ0v) is 20.2. The quantitative estimate of drug-likeness (QED) is 0.390. The van der Waals surface area contributed by atoms with Crippen LogP contribution in [0.25, 0.3) is 6.08 Å². The van der Waals surface area contributed by atoms with E-state index in [0.717, 1.165) is 49.5 Å². The number of halogens is 1. The molecular formula is C27H30ClN3O3. The van der Waals surface area contributed by atoms with Crippen LogP contribution in [0.5, 0.6) is 5.75 Å². The van der Waals surface area contributed by atoms with Gasteiger partial charge in [0.25, 0.3) is 0 Å². The van der Waals surface area contributed by atoms with Crippen molar-refractivity contribution in [1.29, 1.82) is 0 Å². The molecule has 2 aromatic carbocycles. The van der Waals surface area contributed by atoms with Crippen molar-refractivity contribution in [3.63, 3.8) is 0 Å². The van der Waals surface area contributed by atoms with Gasteiger partial charge >= 0.3 is 0 Å². The van der Waals surface area contributed by atoms with E-state index in [4.69, 9.17) is 20.9 Å². The smallest absolute Gasteiger partial charge is 0.246 e. The van der Waals surface area contributed by atoms with Crippen LogP contribution in [-0.2, 0) is 17.9 Å². The summed E-state index contributed by atoms with van der Waals surface area (Å²) in [6, 6.07) is 17.6. The summed E-state index contributed by atoms with van der Waals surface area (Å²) in [5.74, 6) is 1.19. The van der Waals surface area contributed by atoms with Gasteiger partial charge in [-0.3, -0.25) is 9.69 Å². The molecule has 1 saturated heterocycles. The summed E-state index contributed by atoms with van der Waals surface area (Å²) < 4.78 is 10.9. The second-order valence-corrected chi connectivity index (χ2v) is 9.17. The van der Waals surface area contributed by atoms with Gasteiger partial charge in [0.15, 0.2) is 0 Å². The summed E-state index contributed by atoms with van der Waals surface area (Å²) in [7, 11) is 2.05. The molecular weight excluding hydrogens is 450 g/mol. The van der Waals surface area contributed by atoms with Gasteiger partial charge in [-0.05, 0) is 55.3 Å². The molecule has 4 rings (SSSR count). The molecule has 0 bridgehead atoms. The van der Waals surface area contributed by atoms with E-state index < -0.39 is 0 Å². The fraction of sp³-hybridized carbons (Fsp3) is 0.333. The minimum Gasteiger partial charge on any atom is -0.493 e. The number of aromatic nitrogens is 1. The summed E-state index contributed by atoms with van der Waals surface area (Å²) in [6.45, 7) is 3.63. The third kappa shape index (κ3) is 6.95. The highest BCUT2D eigenvalue weighted by Gasteiger charge is 2.23. The van der Waals surface area contributed by atoms with Crippen LogP contribution in [0.2, 0.25) is 5.02 Å². The highest BCUT2D eigenvalue weighted by atomic mass is 35.5. The number of ether oxygens (including phenoxy) is 1. The van der Waals surface area contributed by atoms with E-state index in [1.54, 1.807) is 18.4 Å². The molecule has 6 nitrogen and oxygen atoms in total. The van der Waals surface area contributed by atoms with Crippen molar-refractivity contribution in [3.8, 4) is 5.75 Å². The summed E-state index contributed by atoms with van der Waals surface area (Å²) in [5.41, 5.74) is 2.97. The molecule has 0 spiro atoms. The Morgan fingerprint density at radius 3 is 2.79 bits per heavy atom. The summed E-state index contributed by atoms with van der Waals surface area (Å²) >= 11 is 6.18. The molecule has 1 fully saturated rings. The van der Waals surface area contributed by atoms with Gasteiger partial charge in [0.05, 0.1) is 12.3 Å². The number of piperidine rings is 1. The maximum atomic E-state index is 12.7. The monoisotopic (exact) mass is 479 g/mol. The first-order chi connectivity index (χ1) is 16.6. The van der Waals surface area contributed by atoms with Crippen molar-refractivity contribution in [2.24, 2.45) is 5.92 Å². The first-order valence-corrected chi connectivity index (χ1v) is 12.0. The normalized spacial score (nSPS) is 16.3. The molecule has 178 valence electrons. The molecule has 34 heavy (non-hydrogen) atoms. The lowest BCUT2D eigenvalue weighted by atomic mass is 9.99. The molecule has 7 heteroatoms. The van der Waals surface area contributed by atoms with Crippen molar-refractivity contribution in [1.82, 2.24) is 15.0 Å². The maximum absolute atomic E-state index is 12.7. The number of carbonyl (C=O) groups excluding carboxylic acids is 1. The van der Waals surface area contributed by atoms with Crippen LogP contribution in [0.3, 0.4) is 0 Å². The third-order valence-electron chi connectivity index (χ3n) is 5.93. The molecule has 1 atom stereocenters. The van der Waals surface area contributed by atoms with Crippen LogP contribution in [0, 0.1) is 5.92 Å². The Labute approximate surface area is 205 Å². The lowest BCUT2D eigenvalue weighted by molar-refractivity contribution is -0.127. The standard InChI is InChI=1S/C27H30ClN3O3/c1-30(19-24-14-16-34-29-24)17-21-8-11-25(12-9-21)33-20-22-5-4-15-31(18-22)27(32)13-10-23-6-2-3-7-26(23)28/h2-3,6-14,16,22H,4-5,15,17-20H2,1H3. The fourth-order valence-corrected chi connectivity index (χ4v) is 4.35. The average molecular weight is 480 g/mol. The van der Waals surface area contributed by atoms with E-state index in [-0.39, 0.29) is 5.91 Å². The SMILES string of the molecule is CN(Cc1ccc(OCC2CCCN(C(=O)C=Cc3ccccc3Cl)C2)cc1)Cc1ccon1. The average Bonchev–Trinajstić information content (AvgIpc) is 3.36. The Hall–Kier alpha value is -3.09. The number of likely N-dealkylation sites (tertiary alicyclic amines) is 1. The molecule has 0 saturated carbocycles. The van der Waals surface area contributed by atoms with Gasteiger partial charge in [0.2, 0.25) is 5.91 Å². The Balaban J connectivity index is 1.23. The topological polar surface area (TPSA) is 58.8 Å². The number of hydrogen-bond donors (Lipinski definition) is 0. The number of amides is 1. The second kappa shape index (κ2) is 11.9. The van der Waals surface area contributed by atoms with Crippen molar-refractivity contribution in [2.75, 3.05) is 26.7 Å². The zero-order chi connectivity index (χ0) is 23.8. The van der Waals surface area contributed by atoms with Gasteiger partial charge in [-0.15, -0.1) is 0 Å². The second-order valence-electron chi connectivity index (χ2n) is 8.77. The molecule has 0 radical (unpaired) electrons. The van der Waals surface area contributed by atoms with Crippen LogP contribution in [0.4, 0.5) is 0 Å². The third-order valence-corrected chi connectivity index (χ3v) is 6.27. The van der Waals surface area contributed by atoms with E-state index in [1.165, 1.54) is 5.56 Å². The van der Waals surface area contributed by atoms with Crippen molar-refractivity contribution in [2.45, 2.75) is 25.9 Å². The largest absolute Gasteiger partial charge is 0.493 e. The fourth-order valence-electron chi connectivity index (χ4n) is 4.15. The molecule has 1 amide bonds. The van der Waals surface area contributed by atoms with Gasteiger partial charge in [0.1, 0.15) is 12.0 Å². The first kappa shape index (κ1) is 24.0. The lowest BCUT2D eigenvalue weighted by Gasteiger charge is -2.32. The molecule has 0 aliphatic carbocycles. The summed E-state index contributed by atoms with van der Waals surface area (Å²) in [4.78, 5) is 16.8. The lowest BCUT2D eigenvalue weighted by Crippen LogP contribution is -2.40. The van der Waals surface area contributed by atoms with Crippen molar-refractivity contribution < 1.29 is 14.1 Å². The molecule has 1 aliphatic heterocycles. The van der Waals surface area contributed by atoms with Gasteiger partial charge in [-0.1, -0.05) is 47.1 Å². The zero-order valence-electron chi connectivity index (χ0n) is 19.4. The van der Waals surface area contributed by atoms with Crippen molar-refractivity contribution >= 4 is 23.6 Å². The Morgan fingerprint density at radius 2 is 2.03 bits per heavy atom. The predicted molar refractivity (Wildman–Crippen MR) is 133 cm³/mol. The van der Waals surface area contributed by atoms with E-state index in [2.05, 4.69) is 29.2 Å². The molecule has 2 heterocycles. The summed E-state index contributed by atoms with van der Waals surface area (Å²) in [5, 5.41) is 4.60. The van der Waals surface area contributed by atoms with E-state index in [0.29, 0.717) is 24.1 Å². The van der Waals surface area contributed by atoms with Gasteiger partial charge < -0.3 is 14.2 Å². The molecule has 1 unspecified atom stereocenters. The molecule has 3 aromatic rings. The van der Waals surface area contributed by atoms with E-state index in [9.17, 15) is 4.79 Å². The van der Waals surface area contributed by atoms with Crippen LogP contribution >= 0.6 is 11.6 Å². The number of hydrogen-bond acceptors (Lipinski definition) is 5. The minimum absolute atomic E-state index is 0.0173. The van der Waals surface area contributed by atoms with Gasteiger partial charge in [-0.2, -0.15) is 0 Å². The molecule has 1 aliphatic rings. The number of carbonyl (C=O) groups is 1. The molecule has 1 aromatic heterocycles. The highest BCUT2D eigenvalue weighted by molar-refractivity contribution is 6.32. The number of rotatable bonds is 9. The van der Waals surface area contributed by atoms with Crippen LogP contribution in [-0.4, -0.2) is 47.6 Å². The minimum atomic E-state index is 0.0173. The van der Waals surface area contributed by atoms with Crippen LogP contribution < -0.4 is 4.74 Å². The van der Waals surface area contributed by atoms with E-state index in [1.807, 2.05) is 47.4 Å². The van der Waals surface area contributed by atoms with E-state index >= 15 is 0 Å². The van der Waals surface area contributed by atoms with Crippen molar-refractivity contribution in [3.05, 3.63) is 88.8 Å². The van der Waals surface area contributed by atoms with Gasteiger partial charge in [0, 0.05) is 49.3 Å². The number of nitrogens with zero attached hydrogens (tertiary/aromatic N) is 3. The molecule has 0 N–H and O–H groups in total. The number of benzene rings is 2. The van der Waals surface area contributed by atoms with Gasteiger partial charge in [-0.25, -0.2) is 0 Å². The first-order valence-electron chi connectivity index (χ1n) is 11.6. The maximum Gasteiger partial charge on any atom is 0.246 e. The van der Waals surface area contributed by atoms with Crippen LogP contribution in [0.1, 0.15) is 29.7 Å². The predicted octanol–water partition coefficient (Wildman–Crippen LogP) is 5.29. The Morgan fingerprint density at radius 1 is 1.21 bits per heavy atom. The Bertz CT molecular complexity index is 1080. The van der Waals surface area contributed by atoms with Crippen LogP contribution in [0.15, 0.2) is 71.5 Å². The highest BCUT2D eigenvalue weighted by Crippen LogP contribution is 2.21.